The number of nitrogens with one attached hydrogen (secondary N) is 1. The smallest absolute Gasteiger partial charge is 0.345 e. The monoisotopic (exact) mass is 478 g/mol. The molecule has 32 heavy (non-hydrogen) atoms. The molecule has 0 bridgehead atoms. The van der Waals surface area contributed by atoms with Gasteiger partial charge in [0.1, 0.15) is 0 Å². The third-order valence-electron chi connectivity index (χ3n) is 5.56. The van der Waals surface area contributed by atoms with Crippen LogP contribution < -0.4 is 10.2 Å². The summed E-state index contributed by atoms with van der Waals surface area (Å²) in [7, 11) is 1.41. The van der Waals surface area contributed by atoms with E-state index in [0.29, 0.717) is 0 Å². The molecule has 2 aromatic rings. The minimum Gasteiger partial charge on any atom is -0.345 e. The van der Waals surface area contributed by atoms with Gasteiger partial charge in [0.15, 0.2) is 0 Å². The Kier molecular flexibility index (Phi) is 6.97. The third-order valence-corrected chi connectivity index (χ3v) is 5.86. The summed E-state index contributed by atoms with van der Waals surface area (Å²) in [6.07, 6.45) is -5.48. The van der Waals surface area contributed by atoms with Crippen LogP contribution in [0.25, 0.3) is 0 Å². The second-order valence-corrected chi connectivity index (χ2v) is 8.26. The molecule has 0 radical (unpaired) electrons. The van der Waals surface area contributed by atoms with Gasteiger partial charge in [-0.25, -0.2) is 0 Å². The van der Waals surface area contributed by atoms with E-state index >= 15 is 0 Å². The van der Waals surface area contributed by atoms with Gasteiger partial charge in [0.2, 0.25) is 5.91 Å². The normalized spacial score (nSPS) is 15.1. The van der Waals surface area contributed by atoms with Crippen molar-refractivity contribution in [1.29, 1.82) is 0 Å². The molecule has 1 amide bonds. The number of amides is 1. The van der Waals surface area contributed by atoms with Crippen LogP contribution in [0.3, 0.4) is 0 Å². The first-order valence-corrected chi connectivity index (χ1v) is 10.4. The van der Waals surface area contributed by atoms with Crippen molar-refractivity contribution in [2.24, 2.45) is 5.92 Å². The lowest BCUT2D eigenvalue weighted by Crippen LogP contribution is -2.20. The molecule has 1 N–H and O–H groups in total. The van der Waals surface area contributed by atoms with E-state index in [-0.39, 0.29) is 28.7 Å². The third kappa shape index (κ3) is 5.68. The number of anilines is 3. The largest absolute Gasteiger partial charge is 0.418 e. The Balaban J connectivity index is 1.89. The average molecular weight is 479 g/mol. The molecule has 0 atom stereocenters. The van der Waals surface area contributed by atoms with Crippen LogP contribution in [0.1, 0.15) is 43.2 Å². The first kappa shape index (κ1) is 24.2. The number of carbonyl (C=O) groups is 1. The van der Waals surface area contributed by atoms with E-state index in [9.17, 15) is 31.1 Å². The van der Waals surface area contributed by atoms with Crippen molar-refractivity contribution in [3.63, 3.8) is 0 Å². The minimum atomic E-state index is -4.81. The van der Waals surface area contributed by atoms with Crippen LogP contribution in [0, 0.1) is 5.92 Å². The maximum atomic E-state index is 13.8. The Labute approximate surface area is 186 Å². The highest BCUT2D eigenvalue weighted by molar-refractivity contribution is 6.34. The molecule has 1 saturated carbocycles. The van der Waals surface area contributed by atoms with E-state index in [0.717, 1.165) is 56.0 Å². The standard InChI is InChI=1S/C22H21ClF6N2O/c1-31(15-8-6-14(7-9-15)21(24,25)26)16-11-17(22(27,28)29)20(18(23)12-16)30-19(32)10-13-4-2-3-5-13/h6-9,11-13H,2-5,10H2,1H3,(H,30,32). The summed E-state index contributed by atoms with van der Waals surface area (Å²) >= 11 is 6.13. The average Bonchev–Trinajstić information content (AvgIpc) is 3.20. The number of benzene rings is 2. The topological polar surface area (TPSA) is 32.3 Å². The molecule has 0 aromatic heterocycles. The number of hydrogen-bond acceptors (Lipinski definition) is 2. The lowest BCUT2D eigenvalue weighted by atomic mass is 10.0. The summed E-state index contributed by atoms with van der Waals surface area (Å²) < 4.78 is 79.6. The molecule has 2 aromatic carbocycles. The van der Waals surface area contributed by atoms with Crippen LogP contribution in [0.4, 0.5) is 43.4 Å². The van der Waals surface area contributed by atoms with Gasteiger partial charge >= 0.3 is 12.4 Å². The fourth-order valence-electron chi connectivity index (χ4n) is 3.83. The van der Waals surface area contributed by atoms with Gasteiger partial charge in [-0.05, 0) is 55.2 Å². The Hall–Kier alpha value is -2.42. The fraction of sp³-hybridized carbons (Fsp3) is 0.409. The molecule has 1 fully saturated rings. The zero-order valence-electron chi connectivity index (χ0n) is 17.1. The second kappa shape index (κ2) is 9.21. The summed E-state index contributed by atoms with van der Waals surface area (Å²) in [5.74, 6) is -0.388. The summed E-state index contributed by atoms with van der Waals surface area (Å²) in [5.41, 5.74) is -2.27. The minimum absolute atomic E-state index is 0.0101. The summed E-state index contributed by atoms with van der Waals surface area (Å²) in [5, 5.41) is 2.00. The number of carbonyl (C=O) groups excluding carboxylic acids is 1. The Bertz CT molecular complexity index is 966. The maximum absolute atomic E-state index is 13.8. The highest BCUT2D eigenvalue weighted by atomic mass is 35.5. The first-order valence-electron chi connectivity index (χ1n) is 9.98. The first-order chi connectivity index (χ1) is 14.9. The summed E-state index contributed by atoms with van der Waals surface area (Å²) in [4.78, 5) is 13.6. The van der Waals surface area contributed by atoms with Crippen LogP contribution in [-0.4, -0.2) is 13.0 Å². The molecule has 0 spiro atoms. The Morgan fingerprint density at radius 2 is 1.59 bits per heavy atom. The number of hydrogen-bond donors (Lipinski definition) is 1. The van der Waals surface area contributed by atoms with Crippen molar-refractivity contribution >= 4 is 34.6 Å². The lowest BCUT2D eigenvalue weighted by molar-refractivity contribution is -0.138. The van der Waals surface area contributed by atoms with E-state index in [1.54, 1.807) is 0 Å². The number of alkyl halides is 6. The Morgan fingerprint density at radius 1 is 1.00 bits per heavy atom. The summed E-state index contributed by atoms with van der Waals surface area (Å²) in [6.45, 7) is 0. The second-order valence-electron chi connectivity index (χ2n) is 7.85. The van der Waals surface area contributed by atoms with Crippen molar-refractivity contribution in [3.05, 3.63) is 52.5 Å². The number of nitrogens with zero attached hydrogens (tertiary/aromatic N) is 1. The van der Waals surface area contributed by atoms with E-state index in [4.69, 9.17) is 11.6 Å². The number of halogens is 7. The van der Waals surface area contributed by atoms with Crippen LogP contribution >= 0.6 is 11.6 Å². The molecule has 174 valence electrons. The van der Waals surface area contributed by atoms with Crippen LogP contribution in [-0.2, 0) is 17.1 Å². The molecule has 0 heterocycles. The fourth-order valence-corrected chi connectivity index (χ4v) is 4.09. The van der Waals surface area contributed by atoms with E-state index in [1.807, 2.05) is 0 Å². The van der Waals surface area contributed by atoms with Crippen LogP contribution in [0.5, 0.6) is 0 Å². The Morgan fingerprint density at radius 3 is 2.12 bits per heavy atom. The highest BCUT2D eigenvalue weighted by Crippen LogP contribution is 2.43. The van der Waals surface area contributed by atoms with Gasteiger partial charge in [-0.1, -0.05) is 24.4 Å². The van der Waals surface area contributed by atoms with Gasteiger partial charge in [-0.3, -0.25) is 4.79 Å². The van der Waals surface area contributed by atoms with Gasteiger partial charge in [0, 0.05) is 24.8 Å². The molecule has 1 aliphatic carbocycles. The predicted octanol–water partition coefficient (Wildman–Crippen LogP) is 7.66. The van der Waals surface area contributed by atoms with Gasteiger partial charge in [0.25, 0.3) is 0 Å². The molecule has 3 nitrogen and oxygen atoms in total. The van der Waals surface area contributed by atoms with E-state index in [2.05, 4.69) is 5.32 Å². The van der Waals surface area contributed by atoms with Gasteiger partial charge in [-0.2, -0.15) is 26.3 Å². The zero-order chi connectivity index (χ0) is 23.7. The molecule has 10 heteroatoms. The molecular weight excluding hydrogens is 458 g/mol. The SMILES string of the molecule is CN(c1ccc(C(F)(F)F)cc1)c1cc(Cl)c(NC(=O)CC2CCCC2)c(C(F)(F)F)c1. The maximum Gasteiger partial charge on any atom is 0.418 e. The van der Waals surface area contributed by atoms with Crippen molar-refractivity contribution < 1.29 is 31.1 Å². The molecule has 3 rings (SSSR count). The van der Waals surface area contributed by atoms with Crippen molar-refractivity contribution in [3.8, 4) is 0 Å². The van der Waals surface area contributed by atoms with Crippen molar-refractivity contribution in [2.75, 3.05) is 17.3 Å². The van der Waals surface area contributed by atoms with Crippen molar-refractivity contribution in [2.45, 2.75) is 44.5 Å². The molecule has 0 unspecified atom stereocenters. The molecule has 1 aliphatic rings. The van der Waals surface area contributed by atoms with E-state index in [1.165, 1.54) is 18.0 Å². The molecular formula is C22H21ClF6N2O. The van der Waals surface area contributed by atoms with Crippen LogP contribution in [0.15, 0.2) is 36.4 Å². The zero-order valence-corrected chi connectivity index (χ0v) is 17.8. The van der Waals surface area contributed by atoms with Gasteiger partial charge in [-0.15, -0.1) is 0 Å². The van der Waals surface area contributed by atoms with Crippen molar-refractivity contribution in [1.82, 2.24) is 0 Å². The van der Waals surface area contributed by atoms with Gasteiger partial charge in [0.05, 0.1) is 21.8 Å². The van der Waals surface area contributed by atoms with Gasteiger partial charge < -0.3 is 10.2 Å². The molecule has 0 saturated heterocycles. The quantitative estimate of drug-likeness (QED) is 0.447. The number of rotatable bonds is 5. The summed E-state index contributed by atoms with van der Waals surface area (Å²) in [6, 6.07) is 6.04. The highest BCUT2D eigenvalue weighted by Gasteiger charge is 2.36. The lowest BCUT2D eigenvalue weighted by Gasteiger charge is -2.24. The predicted molar refractivity (Wildman–Crippen MR) is 111 cm³/mol. The molecule has 0 aliphatic heterocycles. The van der Waals surface area contributed by atoms with Crippen LogP contribution in [0.2, 0.25) is 5.02 Å². The van der Waals surface area contributed by atoms with E-state index < -0.39 is 35.1 Å².